The van der Waals surface area contributed by atoms with Gasteiger partial charge < -0.3 is 10.4 Å². The second-order valence-corrected chi connectivity index (χ2v) is 4.74. The molecule has 0 saturated heterocycles. The number of hydrogen-bond acceptors (Lipinski definition) is 2. The number of rotatable bonds is 5. The van der Waals surface area contributed by atoms with Crippen LogP contribution in [0.4, 0.5) is 0 Å². The van der Waals surface area contributed by atoms with E-state index in [9.17, 15) is 4.79 Å². The lowest BCUT2D eigenvalue weighted by Gasteiger charge is -2.28. The molecule has 1 aliphatic rings. The van der Waals surface area contributed by atoms with Gasteiger partial charge in [0.15, 0.2) is 0 Å². The largest absolute Gasteiger partial charge is 0.393 e. The normalized spacial score (nSPS) is 19.1. The van der Waals surface area contributed by atoms with E-state index in [1.54, 1.807) is 6.92 Å². The molecular weight excluding hydrogens is 214 g/mol. The van der Waals surface area contributed by atoms with Crippen molar-refractivity contribution in [1.29, 1.82) is 0 Å². The van der Waals surface area contributed by atoms with Gasteiger partial charge in [0, 0.05) is 6.54 Å². The van der Waals surface area contributed by atoms with E-state index in [0.717, 1.165) is 19.3 Å². The Balaban J connectivity index is 1.76. The quantitative estimate of drug-likeness (QED) is 0.759. The Bertz CT molecular complexity index is 401. The molecule has 17 heavy (non-hydrogen) atoms. The molecule has 0 aliphatic heterocycles. The highest BCUT2D eigenvalue weighted by molar-refractivity contribution is 5.86. The van der Waals surface area contributed by atoms with E-state index in [2.05, 4.69) is 11.4 Å². The highest BCUT2D eigenvalue weighted by Gasteiger charge is 2.31. The molecule has 2 atom stereocenters. The van der Waals surface area contributed by atoms with Crippen LogP contribution in [-0.2, 0) is 11.2 Å². The molecule has 2 unspecified atom stereocenters. The summed E-state index contributed by atoms with van der Waals surface area (Å²) >= 11 is 0. The number of fused-ring (bicyclic) bond motifs is 1. The van der Waals surface area contributed by atoms with Crippen LogP contribution in [0, 0.1) is 0 Å². The number of hydrogen-bond donors (Lipinski definition) is 2. The summed E-state index contributed by atoms with van der Waals surface area (Å²) in [6.07, 6.45) is 2.15. The van der Waals surface area contributed by atoms with Crippen molar-refractivity contribution in [2.24, 2.45) is 0 Å². The van der Waals surface area contributed by atoms with E-state index in [0.29, 0.717) is 6.54 Å². The van der Waals surface area contributed by atoms with Gasteiger partial charge in [-0.2, -0.15) is 0 Å². The standard InChI is InChI=1S/C14H19NO2/c1-10(16)5-4-8-15-14(17)13-9-11-6-2-3-7-12(11)13/h2-3,6-7,10,13,16H,4-5,8-9H2,1H3,(H,15,17). The molecule has 0 aromatic heterocycles. The van der Waals surface area contributed by atoms with E-state index >= 15 is 0 Å². The molecule has 2 rings (SSSR count). The molecule has 0 spiro atoms. The number of amides is 1. The van der Waals surface area contributed by atoms with E-state index in [1.165, 1.54) is 11.1 Å². The van der Waals surface area contributed by atoms with Gasteiger partial charge in [-0.25, -0.2) is 0 Å². The molecular formula is C14H19NO2. The molecule has 2 N–H and O–H groups in total. The van der Waals surface area contributed by atoms with Crippen molar-refractivity contribution in [1.82, 2.24) is 5.32 Å². The molecule has 1 aromatic rings. The smallest absolute Gasteiger partial charge is 0.227 e. The van der Waals surface area contributed by atoms with Crippen molar-refractivity contribution in [3.8, 4) is 0 Å². The third-order valence-electron chi connectivity index (χ3n) is 3.27. The van der Waals surface area contributed by atoms with Crippen molar-refractivity contribution in [2.45, 2.75) is 38.2 Å². The second-order valence-electron chi connectivity index (χ2n) is 4.74. The SMILES string of the molecule is CC(O)CCCNC(=O)C1Cc2ccccc21. The van der Waals surface area contributed by atoms with E-state index < -0.39 is 0 Å². The van der Waals surface area contributed by atoms with E-state index in [1.807, 2.05) is 18.2 Å². The summed E-state index contributed by atoms with van der Waals surface area (Å²) in [7, 11) is 0. The minimum Gasteiger partial charge on any atom is -0.393 e. The first-order valence-electron chi connectivity index (χ1n) is 6.22. The fourth-order valence-electron chi connectivity index (χ4n) is 2.23. The van der Waals surface area contributed by atoms with Crippen molar-refractivity contribution >= 4 is 5.91 Å². The molecule has 3 heteroatoms. The maximum atomic E-state index is 11.9. The lowest BCUT2D eigenvalue weighted by Crippen LogP contribution is -2.36. The summed E-state index contributed by atoms with van der Waals surface area (Å²) < 4.78 is 0. The minimum absolute atomic E-state index is 0.0396. The summed E-state index contributed by atoms with van der Waals surface area (Å²) in [6, 6.07) is 8.09. The van der Waals surface area contributed by atoms with E-state index in [4.69, 9.17) is 5.11 Å². The first kappa shape index (κ1) is 12.1. The number of benzene rings is 1. The van der Waals surface area contributed by atoms with Crippen LogP contribution in [0.25, 0.3) is 0 Å². The van der Waals surface area contributed by atoms with Crippen LogP contribution >= 0.6 is 0 Å². The van der Waals surface area contributed by atoms with Crippen molar-refractivity contribution < 1.29 is 9.90 Å². The monoisotopic (exact) mass is 233 g/mol. The Morgan fingerprint density at radius 2 is 2.29 bits per heavy atom. The summed E-state index contributed by atoms with van der Waals surface area (Å²) in [6.45, 7) is 2.42. The number of nitrogens with one attached hydrogen (secondary N) is 1. The van der Waals surface area contributed by atoms with Gasteiger partial charge in [-0.1, -0.05) is 24.3 Å². The Morgan fingerprint density at radius 1 is 1.53 bits per heavy atom. The van der Waals surface area contributed by atoms with Crippen LogP contribution in [0.5, 0.6) is 0 Å². The van der Waals surface area contributed by atoms with Gasteiger partial charge in [0.1, 0.15) is 0 Å². The van der Waals surface area contributed by atoms with Crippen molar-refractivity contribution in [3.63, 3.8) is 0 Å². The summed E-state index contributed by atoms with van der Waals surface area (Å²) in [5.41, 5.74) is 2.46. The van der Waals surface area contributed by atoms with Gasteiger partial charge in [0.05, 0.1) is 12.0 Å². The van der Waals surface area contributed by atoms with Crippen molar-refractivity contribution in [2.75, 3.05) is 6.54 Å². The topological polar surface area (TPSA) is 49.3 Å². The predicted octanol–water partition coefficient (Wildman–Crippen LogP) is 1.60. The van der Waals surface area contributed by atoms with Crippen molar-refractivity contribution in [3.05, 3.63) is 35.4 Å². The number of aliphatic hydroxyl groups excluding tert-OH is 1. The highest BCUT2D eigenvalue weighted by atomic mass is 16.3. The maximum absolute atomic E-state index is 11.9. The molecule has 1 amide bonds. The van der Waals surface area contributed by atoms with Gasteiger partial charge in [-0.15, -0.1) is 0 Å². The van der Waals surface area contributed by atoms with Crippen LogP contribution < -0.4 is 5.32 Å². The first-order valence-corrected chi connectivity index (χ1v) is 6.22. The van der Waals surface area contributed by atoms with Crippen LogP contribution in [0.2, 0.25) is 0 Å². The number of aliphatic hydroxyl groups is 1. The lowest BCUT2D eigenvalue weighted by molar-refractivity contribution is -0.123. The molecule has 0 radical (unpaired) electrons. The highest BCUT2D eigenvalue weighted by Crippen LogP contribution is 2.34. The van der Waals surface area contributed by atoms with Gasteiger partial charge in [0.2, 0.25) is 5.91 Å². The third kappa shape index (κ3) is 2.86. The third-order valence-corrected chi connectivity index (χ3v) is 3.27. The average molecular weight is 233 g/mol. The Hall–Kier alpha value is -1.35. The fourth-order valence-corrected chi connectivity index (χ4v) is 2.23. The minimum atomic E-state index is -0.281. The number of carbonyl (C=O) groups excluding carboxylic acids is 1. The zero-order valence-electron chi connectivity index (χ0n) is 10.1. The molecule has 0 bridgehead atoms. The summed E-state index contributed by atoms with van der Waals surface area (Å²) in [4.78, 5) is 11.9. The maximum Gasteiger partial charge on any atom is 0.227 e. The Kier molecular flexibility index (Phi) is 3.79. The zero-order chi connectivity index (χ0) is 12.3. The number of carbonyl (C=O) groups is 1. The average Bonchev–Trinajstić information content (AvgIpc) is 2.26. The molecule has 1 aliphatic carbocycles. The van der Waals surface area contributed by atoms with Gasteiger partial charge in [-0.05, 0) is 37.3 Å². The molecule has 0 fully saturated rings. The zero-order valence-corrected chi connectivity index (χ0v) is 10.1. The Labute approximate surface area is 102 Å². The summed E-state index contributed by atoms with van der Waals surface area (Å²) in [5.74, 6) is 0.159. The predicted molar refractivity (Wildman–Crippen MR) is 66.8 cm³/mol. The Morgan fingerprint density at radius 3 is 3.00 bits per heavy atom. The molecule has 0 heterocycles. The van der Waals surface area contributed by atoms with Crippen LogP contribution in [0.1, 0.15) is 36.8 Å². The van der Waals surface area contributed by atoms with Gasteiger partial charge in [-0.3, -0.25) is 4.79 Å². The molecule has 0 saturated carbocycles. The van der Waals surface area contributed by atoms with Crippen LogP contribution in [0.3, 0.4) is 0 Å². The molecule has 3 nitrogen and oxygen atoms in total. The molecule has 92 valence electrons. The van der Waals surface area contributed by atoms with Crippen LogP contribution in [-0.4, -0.2) is 23.7 Å². The lowest BCUT2D eigenvalue weighted by atomic mass is 9.77. The van der Waals surface area contributed by atoms with Gasteiger partial charge >= 0.3 is 0 Å². The van der Waals surface area contributed by atoms with E-state index in [-0.39, 0.29) is 17.9 Å². The van der Waals surface area contributed by atoms with Crippen LogP contribution in [0.15, 0.2) is 24.3 Å². The molecule has 1 aromatic carbocycles. The summed E-state index contributed by atoms with van der Waals surface area (Å²) in [5, 5.41) is 12.0. The fraction of sp³-hybridized carbons (Fsp3) is 0.500. The van der Waals surface area contributed by atoms with Gasteiger partial charge in [0.25, 0.3) is 0 Å². The first-order chi connectivity index (χ1) is 8.18. The second kappa shape index (κ2) is 5.32.